The van der Waals surface area contributed by atoms with E-state index in [4.69, 9.17) is 14.2 Å². The highest BCUT2D eigenvalue weighted by atomic mass is 79.9. The molecule has 3 amide bonds. The summed E-state index contributed by atoms with van der Waals surface area (Å²) in [6.45, 7) is 3.89. The smallest absolute Gasteiger partial charge is 0.329 e. The van der Waals surface area contributed by atoms with Crippen molar-refractivity contribution in [1.29, 1.82) is 0 Å². The van der Waals surface area contributed by atoms with Gasteiger partial charge in [0.15, 0.2) is 18.1 Å². The SMILES string of the molecule is CCOc1ccccc1NC(=O)C(=O)N/N=C\c1cc(Br)c(OCC(=O)Nc2ccc(Br)c(C)c2)c(OC)c1. The Labute approximate surface area is 242 Å². The molecule has 0 aromatic heterocycles. The van der Waals surface area contributed by atoms with Crippen LogP contribution in [0, 0.1) is 6.92 Å². The van der Waals surface area contributed by atoms with Crippen LogP contribution in [0.1, 0.15) is 18.1 Å². The van der Waals surface area contributed by atoms with E-state index < -0.39 is 11.8 Å². The van der Waals surface area contributed by atoms with Gasteiger partial charge < -0.3 is 24.8 Å². The molecule has 0 aliphatic rings. The molecule has 12 heteroatoms. The van der Waals surface area contributed by atoms with Crippen LogP contribution in [0.5, 0.6) is 17.2 Å². The van der Waals surface area contributed by atoms with Gasteiger partial charge in [0, 0.05) is 10.2 Å². The lowest BCUT2D eigenvalue weighted by Crippen LogP contribution is -2.32. The Balaban J connectivity index is 1.59. The zero-order valence-electron chi connectivity index (χ0n) is 21.3. The quantitative estimate of drug-likeness (QED) is 0.159. The van der Waals surface area contributed by atoms with Crippen LogP contribution in [-0.4, -0.2) is 44.3 Å². The topological polar surface area (TPSA) is 127 Å². The molecule has 3 rings (SSSR count). The van der Waals surface area contributed by atoms with Gasteiger partial charge in [-0.05, 0) is 83.4 Å². The summed E-state index contributed by atoms with van der Waals surface area (Å²) in [6, 6.07) is 15.5. The van der Waals surface area contributed by atoms with E-state index in [1.165, 1.54) is 13.3 Å². The summed E-state index contributed by atoms with van der Waals surface area (Å²) in [6.07, 6.45) is 1.33. The number of nitrogens with zero attached hydrogens (tertiary/aromatic N) is 1. The highest BCUT2D eigenvalue weighted by molar-refractivity contribution is 9.10. The predicted molar refractivity (Wildman–Crippen MR) is 156 cm³/mol. The monoisotopic (exact) mass is 660 g/mol. The van der Waals surface area contributed by atoms with Gasteiger partial charge in [0.2, 0.25) is 0 Å². The van der Waals surface area contributed by atoms with Crippen molar-refractivity contribution in [2.75, 3.05) is 31.0 Å². The summed E-state index contributed by atoms with van der Waals surface area (Å²) < 4.78 is 18.0. The average molecular weight is 662 g/mol. The van der Waals surface area contributed by atoms with E-state index in [0.29, 0.717) is 45.3 Å². The average Bonchev–Trinajstić information content (AvgIpc) is 2.91. The van der Waals surface area contributed by atoms with E-state index in [2.05, 4.69) is 53.0 Å². The van der Waals surface area contributed by atoms with Crippen molar-refractivity contribution in [3.63, 3.8) is 0 Å². The summed E-state index contributed by atoms with van der Waals surface area (Å²) in [7, 11) is 1.45. The summed E-state index contributed by atoms with van der Waals surface area (Å²) in [4.78, 5) is 36.8. The minimum absolute atomic E-state index is 0.255. The van der Waals surface area contributed by atoms with Crippen LogP contribution in [-0.2, 0) is 14.4 Å². The van der Waals surface area contributed by atoms with Crippen LogP contribution in [0.2, 0.25) is 0 Å². The number of halogens is 2. The number of nitrogens with one attached hydrogen (secondary N) is 3. The van der Waals surface area contributed by atoms with Crippen molar-refractivity contribution in [1.82, 2.24) is 5.43 Å². The van der Waals surface area contributed by atoms with E-state index in [-0.39, 0.29) is 12.5 Å². The minimum atomic E-state index is -0.962. The first kappa shape index (κ1) is 29.7. The third-order valence-corrected chi connectivity index (χ3v) is 6.54. The normalized spacial score (nSPS) is 10.6. The molecule has 3 aromatic carbocycles. The molecule has 204 valence electrons. The number of anilines is 2. The minimum Gasteiger partial charge on any atom is -0.493 e. The lowest BCUT2D eigenvalue weighted by atomic mass is 10.2. The van der Waals surface area contributed by atoms with E-state index in [9.17, 15) is 14.4 Å². The number of carbonyl (C=O) groups excluding carboxylic acids is 3. The molecule has 0 aliphatic carbocycles. The fourth-order valence-electron chi connectivity index (χ4n) is 3.26. The molecule has 0 heterocycles. The number of carbonyl (C=O) groups is 3. The van der Waals surface area contributed by atoms with Gasteiger partial charge in [-0.25, -0.2) is 5.43 Å². The number of benzene rings is 3. The van der Waals surface area contributed by atoms with E-state index in [1.807, 2.05) is 26.0 Å². The van der Waals surface area contributed by atoms with E-state index >= 15 is 0 Å². The number of aryl methyl sites for hydroxylation is 1. The highest BCUT2D eigenvalue weighted by Crippen LogP contribution is 2.36. The van der Waals surface area contributed by atoms with Gasteiger partial charge >= 0.3 is 11.8 Å². The number of hydrogen-bond acceptors (Lipinski definition) is 7. The standard InChI is InChI=1S/C27H26Br2N4O6/c1-4-38-22-8-6-5-7-21(22)32-26(35)27(36)33-30-14-17-12-20(29)25(23(13-17)37-3)39-15-24(34)31-18-9-10-19(28)16(2)11-18/h5-14H,4,15H2,1-3H3,(H,31,34)(H,32,35)(H,33,36)/b30-14-. The first-order valence-corrected chi connectivity index (χ1v) is 13.2. The summed E-state index contributed by atoms with van der Waals surface area (Å²) in [5.74, 6) is -1.12. The first-order valence-electron chi connectivity index (χ1n) is 11.6. The number of rotatable bonds is 10. The maximum Gasteiger partial charge on any atom is 0.329 e. The van der Waals surface area contributed by atoms with Crippen molar-refractivity contribution >= 4 is 67.2 Å². The zero-order valence-corrected chi connectivity index (χ0v) is 24.5. The Morgan fingerprint density at radius 1 is 0.923 bits per heavy atom. The van der Waals surface area contributed by atoms with Gasteiger partial charge in [-0.15, -0.1) is 0 Å². The van der Waals surface area contributed by atoms with Crippen molar-refractivity contribution in [2.24, 2.45) is 5.10 Å². The Hall–Kier alpha value is -3.90. The van der Waals surface area contributed by atoms with Crippen molar-refractivity contribution in [3.8, 4) is 17.2 Å². The number of para-hydroxylation sites is 2. The Kier molecular flexibility index (Phi) is 10.9. The van der Waals surface area contributed by atoms with E-state index in [1.54, 1.807) is 42.5 Å². The molecule has 0 aliphatic heterocycles. The van der Waals surface area contributed by atoms with Crippen molar-refractivity contribution in [2.45, 2.75) is 13.8 Å². The summed E-state index contributed by atoms with van der Waals surface area (Å²) >= 11 is 6.83. The third kappa shape index (κ3) is 8.55. The molecule has 0 saturated heterocycles. The second-order valence-corrected chi connectivity index (χ2v) is 9.63. The van der Waals surface area contributed by atoms with Crippen LogP contribution >= 0.6 is 31.9 Å². The molecule has 0 unspecified atom stereocenters. The van der Waals surface area contributed by atoms with Gasteiger partial charge in [0.25, 0.3) is 5.91 Å². The maximum absolute atomic E-state index is 12.4. The molecule has 3 N–H and O–H groups in total. The molecule has 0 spiro atoms. The van der Waals surface area contributed by atoms with Crippen LogP contribution in [0.3, 0.4) is 0 Å². The molecular weight excluding hydrogens is 636 g/mol. The lowest BCUT2D eigenvalue weighted by molar-refractivity contribution is -0.136. The molecule has 10 nitrogen and oxygen atoms in total. The number of amides is 3. The number of hydrogen-bond donors (Lipinski definition) is 3. The molecule has 3 aromatic rings. The fourth-order valence-corrected chi connectivity index (χ4v) is 4.08. The predicted octanol–water partition coefficient (Wildman–Crippen LogP) is 5.03. The molecular formula is C27H26Br2N4O6. The summed E-state index contributed by atoms with van der Waals surface area (Å²) in [5.41, 5.74) is 4.71. The van der Waals surface area contributed by atoms with Gasteiger partial charge in [-0.1, -0.05) is 28.1 Å². The number of hydrazone groups is 1. The first-order chi connectivity index (χ1) is 18.7. The number of methoxy groups -OCH3 is 1. The molecule has 0 fully saturated rings. The van der Waals surface area contributed by atoms with Gasteiger partial charge in [0.1, 0.15) is 5.75 Å². The zero-order chi connectivity index (χ0) is 28.4. The fraction of sp³-hybridized carbons (Fsp3) is 0.185. The highest BCUT2D eigenvalue weighted by Gasteiger charge is 2.16. The van der Waals surface area contributed by atoms with Crippen LogP contribution in [0.15, 0.2) is 68.6 Å². The van der Waals surface area contributed by atoms with Crippen LogP contribution in [0.25, 0.3) is 0 Å². The number of ether oxygens (including phenoxy) is 3. The third-order valence-electron chi connectivity index (χ3n) is 5.06. The molecule has 39 heavy (non-hydrogen) atoms. The Bertz CT molecular complexity index is 1400. The molecule has 0 saturated carbocycles. The van der Waals surface area contributed by atoms with Gasteiger partial charge in [-0.3, -0.25) is 14.4 Å². The van der Waals surface area contributed by atoms with Gasteiger partial charge in [-0.2, -0.15) is 5.10 Å². The molecule has 0 radical (unpaired) electrons. The van der Waals surface area contributed by atoms with E-state index in [0.717, 1.165) is 10.0 Å². The van der Waals surface area contributed by atoms with Crippen LogP contribution < -0.4 is 30.3 Å². The van der Waals surface area contributed by atoms with Gasteiger partial charge in [0.05, 0.1) is 30.1 Å². The van der Waals surface area contributed by atoms with Crippen LogP contribution in [0.4, 0.5) is 11.4 Å². The second-order valence-electron chi connectivity index (χ2n) is 7.92. The van der Waals surface area contributed by atoms with Crippen molar-refractivity contribution in [3.05, 3.63) is 74.7 Å². The molecule has 0 bridgehead atoms. The molecule has 0 atom stereocenters. The largest absolute Gasteiger partial charge is 0.493 e. The Morgan fingerprint density at radius 2 is 1.69 bits per heavy atom. The Morgan fingerprint density at radius 3 is 2.41 bits per heavy atom. The maximum atomic E-state index is 12.4. The summed E-state index contributed by atoms with van der Waals surface area (Å²) in [5, 5.41) is 9.11. The second kappa shape index (κ2) is 14.3. The van der Waals surface area contributed by atoms with Crippen molar-refractivity contribution < 1.29 is 28.6 Å². The lowest BCUT2D eigenvalue weighted by Gasteiger charge is -2.14.